The van der Waals surface area contributed by atoms with Crippen molar-refractivity contribution in [3.63, 3.8) is 0 Å². The molecule has 1 aliphatic heterocycles. The molecule has 0 aromatic heterocycles. The molecule has 1 heterocycles. The van der Waals surface area contributed by atoms with Gasteiger partial charge in [0.15, 0.2) is 0 Å². The quantitative estimate of drug-likeness (QED) is 0.782. The summed E-state index contributed by atoms with van der Waals surface area (Å²) in [6, 6.07) is 9.97. The molecule has 0 fully saturated rings. The Morgan fingerprint density at radius 1 is 1.22 bits per heavy atom. The van der Waals surface area contributed by atoms with Crippen molar-refractivity contribution in [3.05, 3.63) is 70.8 Å². The molecule has 116 valence electrons. The van der Waals surface area contributed by atoms with Crippen molar-refractivity contribution in [1.29, 1.82) is 0 Å². The molecule has 0 saturated carbocycles. The Kier molecular flexibility index (Phi) is 4.12. The minimum Gasteiger partial charge on any atom is -0.326 e. The second kappa shape index (κ2) is 6.21. The molecular formula is C19H15F2NO. The van der Waals surface area contributed by atoms with E-state index in [0.717, 1.165) is 23.8 Å². The van der Waals surface area contributed by atoms with Crippen molar-refractivity contribution >= 4 is 5.91 Å². The predicted octanol–water partition coefficient (Wildman–Crippen LogP) is 4.08. The maximum absolute atomic E-state index is 14.2. The molecule has 0 spiro atoms. The van der Waals surface area contributed by atoms with Crippen molar-refractivity contribution in [2.45, 2.75) is 25.9 Å². The first-order chi connectivity index (χ1) is 11.1. The van der Waals surface area contributed by atoms with E-state index in [1.54, 1.807) is 24.0 Å². The van der Waals surface area contributed by atoms with Crippen LogP contribution < -0.4 is 0 Å². The lowest BCUT2D eigenvalue weighted by atomic mass is 10.0. The maximum Gasteiger partial charge on any atom is 0.255 e. The summed E-state index contributed by atoms with van der Waals surface area (Å²) in [4.78, 5) is 14.2. The topological polar surface area (TPSA) is 20.3 Å². The third-order valence-electron chi connectivity index (χ3n) is 4.01. The normalized spacial score (nSPS) is 14.2. The summed E-state index contributed by atoms with van der Waals surface area (Å²) in [7, 11) is 0. The molecule has 23 heavy (non-hydrogen) atoms. The summed E-state index contributed by atoms with van der Waals surface area (Å²) in [5.74, 6) is 4.41. The van der Waals surface area contributed by atoms with Gasteiger partial charge in [-0.1, -0.05) is 18.2 Å². The van der Waals surface area contributed by atoms with Crippen LogP contribution in [-0.2, 0) is 6.54 Å². The SMILES string of the molecule is CC#CCC(c1cc(F)ccc1F)N1Cc2ccccc2C1=O. The van der Waals surface area contributed by atoms with Gasteiger partial charge in [0.05, 0.1) is 6.04 Å². The molecule has 1 unspecified atom stereocenters. The predicted molar refractivity (Wildman–Crippen MR) is 83.5 cm³/mol. The fourth-order valence-electron chi connectivity index (χ4n) is 2.89. The van der Waals surface area contributed by atoms with E-state index in [1.165, 1.54) is 0 Å². The van der Waals surface area contributed by atoms with E-state index in [2.05, 4.69) is 11.8 Å². The molecule has 1 amide bonds. The lowest BCUT2D eigenvalue weighted by Gasteiger charge is -2.27. The molecule has 1 aliphatic rings. The third-order valence-corrected chi connectivity index (χ3v) is 4.01. The molecule has 2 aromatic rings. The molecule has 2 aromatic carbocycles. The van der Waals surface area contributed by atoms with E-state index in [4.69, 9.17) is 0 Å². The first kappa shape index (κ1) is 15.2. The Morgan fingerprint density at radius 3 is 2.74 bits per heavy atom. The number of fused-ring (bicyclic) bond motifs is 1. The minimum atomic E-state index is -0.613. The third kappa shape index (κ3) is 2.83. The minimum absolute atomic E-state index is 0.161. The smallest absolute Gasteiger partial charge is 0.255 e. The summed E-state index contributed by atoms with van der Waals surface area (Å²) in [6.45, 7) is 2.06. The van der Waals surface area contributed by atoms with Gasteiger partial charge in [0.1, 0.15) is 11.6 Å². The fraction of sp³-hybridized carbons (Fsp3) is 0.211. The Morgan fingerprint density at radius 2 is 2.00 bits per heavy atom. The maximum atomic E-state index is 14.2. The highest BCUT2D eigenvalue weighted by atomic mass is 19.1. The van der Waals surface area contributed by atoms with Crippen LogP contribution in [0.25, 0.3) is 0 Å². The fourth-order valence-corrected chi connectivity index (χ4v) is 2.89. The van der Waals surface area contributed by atoms with Crippen LogP contribution in [0.1, 0.15) is 40.9 Å². The molecule has 2 nitrogen and oxygen atoms in total. The molecule has 1 atom stereocenters. The van der Waals surface area contributed by atoms with Crippen LogP contribution in [0.3, 0.4) is 0 Å². The number of amides is 1. The van der Waals surface area contributed by atoms with Crippen LogP contribution in [0.2, 0.25) is 0 Å². The summed E-state index contributed by atoms with van der Waals surface area (Å²) < 4.78 is 27.8. The van der Waals surface area contributed by atoms with Crippen LogP contribution >= 0.6 is 0 Å². The van der Waals surface area contributed by atoms with E-state index >= 15 is 0 Å². The molecule has 0 saturated heterocycles. The van der Waals surface area contributed by atoms with E-state index in [0.29, 0.717) is 12.1 Å². The van der Waals surface area contributed by atoms with Gasteiger partial charge in [-0.3, -0.25) is 4.79 Å². The Balaban J connectivity index is 2.02. The van der Waals surface area contributed by atoms with Crippen molar-refractivity contribution in [2.24, 2.45) is 0 Å². The largest absolute Gasteiger partial charge is 0.326 e. The van der Waals surface area contributed by atoms with Gasteiger partial charge >= 0.3 is 0 Å². The average Bonchev–Trinajstić information content (AvgIpc) is 2.88. The van der Waals surface area contributed by atoms with E-state index in [1.807, 2.05) is 12.1 Å². The number of hydrogen-bond acceptors (Lipinski definition) is 1. The molecule has 0 radical (unpaired) electrons. The number of halogens is 2. The van der Waals surface area contributed by atoms with Gasteiger partial charge in [-0.05, 0) is 36.8 Å². The van der Waals surface area contributed by atoms with Crippen molar-refractivity contribution < 1.29 is 13.6 Å². The van der Waals surface area contributed by atoms with E-state index < -0.39 is 17.7 Å². The highest BCUT2D eigenvalue weighted by Gasteiger charge is 2.34. The summed E-state index contributed by atoms with van der Waals surface area (Å²) in [5.41, 5.74) is 1.66. The zero-order valence-corrected chi connectivity index (χ0v) is 12.6. The Bertz CT molecular complexity index is 820. The number of rotatable bonds is 3. The van der Waals surface area contributed by atoms with Crippen LogP contribution in [0, 0.1) is 23.5 Å². The van der Waals surface area contributed by atoms with Gasteiger partial charge in [-0.15, -0.1) is 11.8 Å². The van der Waals surface area contributed by atoms with Crippen LogP contribution in [-0.4, -0.2) is 10.8 Å². The Hall–Kier alpha value is -2.67. The highest BCUT2D eigenvalue weighted by molar-refractivity contribution is 5.98. The lowest BCUT2D eigenvalue weighted by molar-refractivity contribution is 0.0701. The summed E-state index contributed by atoms with van der Waals surface area (Å²) in [5, 5.41) is 0. The number of carbonyl (C=O) groups excluding carboxylic acids is 1. The first-order valence-electron chi connectivity index (χ1n) is 7.35. The van der Waals surface area contributed by atoms with Gasteiger partial charge < -0.3 is 4.90 Å². The number of carbonyl (C=O) groups is 1. The highest BCUT2D eigenvalue weighted by Crippen LogP contribution is 2.34. The van der Waals surface area contributed by atoms with Crippen molar-refractivity contribution in [1.82, 2.24) is 4.90 Å². The Labute approximate surface area is 133 Å². The molecule has 0 bridgehead atoms. The molecule has 4 heteroatoms. The molecular weight excluding hydrogens is 296 g/mol. The van der Waals surface area contributed by atoms with E-state index in [-0.39, 0.29) is 17.9 Å². The summed E-state index contributed by atoms with van der Waals surface area (Å²) in [6.07, 6.45) is 0.261. The van der Waals surface area contributed by atoms with Gasteiger partial charge in [0.25, 0.3) is 5.91 Å². The van der Waals surface area contributed by atoms with Crippen molar-refractivity contribution in [3.8, 4) is 11.8 Å². The summed E-state index contributed by atoms with van der Waals surface area (Å²) >= 11 is 0. The molecule has 0 aliphatic carbocycles. The van der Waals surface area contributed by atoms with Crippen LogP contribution in [0.5, 0.6) is 0 Å². The van der Waals surface area contributed by atoms with Crippen molar-refractivity contribution in [2.75, 3.05) is 0 Å². The molecule has 3 rings (SSSR count). The van der Waals surface area contributed by atoms with Crippen LogP contribution in [0.4, 0.5) is 8.78 Å². The zero-order chi connectivity index (χ0) is 16.4. The standard InChI is InChI=1S/C19H15F2NO/c1-2-3-8-18(16-11-14(20)9-10-17(16)21)22-12-13-6-4-5-7-15(13)19(22)23/h4-7,9-11,18H,8,12H2,1H3. The molecule has 0 N–H and O–H groups in total. The monoisotopic (exact) mass is 311 g/mol. The van der Waals surface area contributed by atoms with Crippen LogP contribution in [0.15, 0.2) is 42.5 Å². The van der Waals surface area contributed by atoms with Gasteiger partial charge in [0, 0.05) is 24.1 Å². The van der Waals surface area contributed by atoms with E-state index in [9.17, 15) is 13.6 Å². The number of hydrogen-bond donors (Lipinski definition) is 0. The lowest BCUT2D eigenvalue weighted by Crippen LogP contribution is -2.29. The number of nitrogens with zero attached hydrogens (tertiary/aromatic N) is 1. The average molecular weight is 311 g/mol. The van der Waals surface area contributed by atoms with Gasteiger partial charge in [0.2, 0.25) is 0 Å². The second-order valence-electron chi connectivity index (χ2n) is 5.40. The van der Waals surface area contributed by atoms with Gasteiger partial charge in [-0.2, -0.15) is 0 Å². The van der Waals surface area contributed by atoms with Gasteiger partial charge in [-0.25, -0.2) is 8.78 Å². The zero-order valence-electron chi connectivity index (χ0n) is 12.6. The second-order valence-corrected chi connectivity index (χ2v) is 5.40. The first-order valence-corrected chi connectivity index (χ1v) is 7.35. The number of benzene rings is 2.